The van der Waals surface area contributed by atoms with Gasteiger partial charge in [-0.2, -0.15) is 0 Å². The number of esters is 1. The van der Waals surface area contributed by atoms with Crippen LogP contribution in [0.3, 0.4) is 0 Å². The molecule has 0 aromatic carbocycles. The first-order valence-corrected chi connectivity index (χ1v) is 10.9. The van der Waals surface area contributed by atoms with Crippen molar-refractivity contribution < 1.29 is 9.53 Å². The summed E-state index contributed by atoms with van der Waals surface area (Å²) in [7, 11) is 0. The Morgan fingerprint density at radius 1 is 0.680 bits per heavy atom. The molecule has 8 aliphatic rings. The maximum absolute atomic E-state index is 13.2. The van der Waals surface area contributed by atoms with E-state index in [2.05, 4.69) is 6.58 Å². The summed E-state index contributed by atoms with van der Waals surface area (Å²) in [5.41, 5.74) is 0.855. The minimum Gasteiger partial charge on any atom is -0.456 e. The lowest BCUT2D eigenvalue weighted by molar-refractivity contribution is -0.184. The zero-order chi connectivity index (χ0) is 16.8. The Labute approximate surface area is 151 Å². The van der Waals surface area contributed by atoms with Crippen LogP contribution in [0.5, 0.6) is 0 Å². The van der Waals surface area contributed by atoms with E-state index in [4.69, 9.17) is 4.74 Å². The van der Waals surface area contributed by atoms with Gasteiger partial charge in [0.15, 0.2) is 0 Å². The van der Waals surface area contributed by atoms with Gasteiger partial charge < -0.3 is 4.74 Å². The minimum atomic E-state index is -0.114. The molecule has 0 spiro atoms. The molecule has 0 aliphatic heterocycles. The van der Waals surface area contributed by atoms with Crippen molar-refractivity contribution in [2.45, 2.75) is 82.7 Å². The van der Waals surface area contributed by atoms with E-state index in [9.17, 15) is 4.79 Å². The molecular weight excluding hydrogens is 308 g/mol. The summed E-state index contributed by atoms with van der Waals surface area (Å²) in [6.45, 7) is 4.37. The number of hydrogen-bond acceptors (Lipinski definition) is 2. The molecule has 136 valence electrons. The molecule has 25 heavy (non-hydrogen) atoms. The van der Waals surface area contributed by atoms with Crippen LogP contribution < -0.4 is 0 Å². The third kappa shape index (κ3) is 2.24. The van der Waals surface area contributed by atoms with Crippen LogP contribution >= 0.6 is 0 Å². The van der Waals surface area contributed by atoms with Crippen molar-refractivity contribution in [2.24, 2.45) is 40.9 Å². The Hall–Kier alpha value is -0.790. The predicted molar refractivity (Wildman–Crippen MR) is 96.7 cm³/mol. The van der Waals surface area contributed by atoms with Gasteiger partial charge in [-0.1, -0.05) is 6.58 Å². The molecule has 8 aliphatic carbocycles. The Bertz CT molecular complexity index is 559. The first kappa shape index (κ1) is 15.3. The van der Waals surface area contributed by atoms with Gasteiger partial charge in [0.05, 0.1) is 0 Å². The standard InChI is InChI=1S/C23H32O2/c1-14(22-8-15-2-16(9-22)4-17(3-15)10-22)21(24)25-23-11-18-5-19(12-23)7-20(6-18)13-23/h15-20H,1-13H2. The lowest BCUT2D eigenvalue weighted by atomic mass is 9.48. The van der Waals surface area contributed by atoms with Gasteiger partial charge in [0.2, 0.25) is 0 Å². The van der Waals surface area contributed by atoms with Crippen molar-refractivity contribution >= 4 is 5.97 Å². The van der Waals surface area contributed by atoms with Gasteiger partial charge in [-0.3, -0.25) is 0 Å². The van der Waals surface area contributed by atoms with E-state index in [1.165, 1.54) is 57.8 Å². The highest BCUT2D eigenvalue weighted by molar-refractivity contribution is 5.89. The smallest absolute Gasteiger partial charge is 0.334 e. The van der Waals surface area contributed by atoms with Gasteiger partial charge in [0.25, 0.3) is 0 Å². The summed E-state index contributed by atoms with van der Waals surface area (Å²) in [5.74, 6) is 5.04. The van der Waals surface area contributed by atoms with Crippen LogP contribution in [-0.2, 0) is 9.53 Å². The van der Waals surface area contributed by atoms with E-state index in [0.717, 1.165) is 60.3 Å². The summed E-state index contributed by atoms with van der Waals surface area (Å²) in [6.07, 6.45) is 15.5. The Balaban J connectivity index is 1.22. The minimum absolute atomic E-state index is 0.0103. The van der Waals surface area contributed by atoms with Gasteiger partial charge in [0, 0.05) is 11.0 Å². The Morgan fingerprint density at radius 3 is 1.44 bits per heavy atom. The van der Waals surface area contributed by atoms with Crippen molar-refractivity contribution in [1.82, 2.24) is 0 Å². The van der Waals surface area contributed by atoms with Crippen molar-refractivity contribution in [1.29, 1.82) is 0 Å². The van der Waals surface area contributed by atoms with Gasteiger partial charge in [-0.15, -0.1) is 0 Å². The first-order valence-electron chi connectivity index (χ1n) is 10.9. The maximum Gasteiger partial charge on any atom is 0.334 e. The topological polar surface area (TPSA) is 26.3 Å². The summed E-state index contributed by atoms with van der Waals surface area (Å²) < 4.78 is 6.36. The average Bonchev–Trinajstić information content (AvgIpc) is 2.51. The molecule has 8 fully saturated rings. The molecule has 0 unspecified atom stereocenters. The molecule has 0 saturated heterocycles. The highest BCUT2D eigenvalue weighted by atomic mass is 16.6. The summed E-state index contributed by atoms with van der Waals surface area (Å²) >= 11 is 0. The molecular formula is C23H32O2. The first-order chi connectivity index (χ1) is 12.0. The van der Waals surface area contributed by atoms with Gasteiger partial charge in [-0.25, -0.2) is 4.79 Å². The molecule has 8 rings (SSSR count). The summed E-state index contributed by atoms with van der Waals surface area (Å²) in [6, 6.07) is 0. The molecule has 8 saturated carbocycles. The third-order valence-corrected chi connectivity index (χ3v) is 9.22. The van der Waals surface area contributed by atoms with E-state index in [-0.39, 0.29) is 17.0 Å². The van der Waals surface area contributed by atoms with E-state index < -0.39 is 0 Å². The number of rotatable bonds is 3. The molecule has 2 nitrogen and oxygen atoms in total. The molecule has 2 heteroatoms. The lowest BCUT2D eigenvalue weighted by Crippen LogP contribution is -2.54. The fraction of sp³-hybridized carbons (Fsp3) is 0.870. The third-order valence-electron chi connectivity index (χ3n) is 9.22. The largest absolute Gasteiger partial charge is 0.456 e. The van der Waals surface area contributed by atoms with Gasteiger partial charge in [0.1, 0.15) is 5.60 Å². The monoisotopic (exact) mass is 340 g/mol. The highest BCUT2D eigenvalue weighted by Gasteiger charge is 2.56. The van der Waals surface area contributed by atoms with Crippen LogP contribution in [-0.4, -0.2) is 11.6 Å². The molecule has 0 heterocycles. The van der Waals surface area contributed by atoms with E-state index in [0.29, 0.717) is 0 Å². The van der Waals surface area contributed by atoms with Crippen LogP contribution in [0, 0.1) is 40.9 Å². The normalized spacial score (nSPS) is 54.7. The summed E-state index contributed by atoms with van der Waals surface area (Å²) in [5, 5.41) is 0. The lowest BCUT2D eigenvalue weighted by Gasteiger charge is -2.58. The van der Waals surface area contributed by atoms with E-state index >= 15 is 0 Å². The van der Waals surface area contributed by atoms with Crippen molar-refractivity contribution in [3.63, 3.8) is 0 Å². The zero-order valence-electron chi connectivity index (χ0n) is 15.5. The highest BCUT2D eigenvalue weighted by Crippen LogP contribution is 2.63. The van der Waals surface area contributed by atoms with Gasteiger partial charge in [-0.05, 0) is 113 Å². The Morgan fingerprint density at radius 2 is 1.04 bits per heavy atom. The second kappa shape index (κ2) is 4.93. The molecule has 8 bridgehead atoms. The fourth-order valence-corrected chi connectivity index (χ4v) is 9.11. The molecule has 0 aromatic rings. The number of ether oxygens (including phenoxy) is 1. The number of carbonyl (C=O) groups is 1. The van der Waals surface area contributed by atoms with Crippen LogP contribution in [0.15, 0.2) is 12.2 Å². The van der Waals surface area contributed by atoms with Crippen LogP contribution in [0.4, 0.5) is 0 Å². The second-order valence-electron chi connectivity index (χ2n) is 11.2. The van der Waals surface area contributed by atoms with Crippen LogP contribution in [0.2, 0.25) is 0 Å². The van der Waals surface area contributed by atoms with Crippen LogP contribution in [0.25, 0.3) is 0 Å². The van der Waals surface area contributed by atoms with Crippen molar-refractivity contribution in [3.05, 3.63) is 12.2 Å². The molecule has 0 aromatic heterocycles. The average molecular weight is 341 g/mol. The molecule has 0 radical (unpaired) electrons. The Kier molecular flexibility index (Phi) is 3.01. The molecule has 0 N–H and O–H groups in total. The second-order valence-corrected chi connectivity index (χ2v) is 11.2. The molecule has 0 amide bonds. The number of carbonyl (C=O) groups excluding carboxylic acids is 1. The quantitative estimate of drug-likeness (QED) is 0.517. The zero-order valence-corrected chi connectivity index (χ0v) is 15.5. The maximum atomic E-state index is 13.2. The van der Waals surface area contributed by atoms with Crippen molar-refractivity contribution in [3.8, 4) is 0 Å². The summed E-state index contributed by atoms with van der Waals surface area (Å²) in [4.78, 5) is 13.2. The van der Waals surface area contributed by atoms with Crippen LogP contribution in [0.1, 0.15) is 77.0 Å². The van der Waals surface area contributed by atoms with E-state index in [1.54, 1.807) is 0 Å². The molecule has 0 atom stereocenters. The predicted octanol–water partition coefficient (Wildman–Crippen LogP) is 5.27. The number of hydrogen-bond donors (Lipinski definition) is 0. The fourth-order valence-electron chi connectivity index (χ4n) is 9.11. The van der Waals surface area contributed by atoms with Gasteiger partial charge >= 0.3 is 5.97 Å². The SMILES string of the molecule is C=C(C(=O)OC12CC3CC(CC(C3)C1)C2)C12CC3CC(CC(C3)C1)C2. The van der Waals surface area contributed by atoms with Crippen molar-refractivity contribution in [2.75, 3.05) is 0 Å². The van der Waals surface area contributed by atoms with E-state index in [1.807, 2.05) is 0 Å².